The number of aliphatic hydroxyl groups is 1. The van der Waals surface area contributed by atoms with E-state index in [1.165, 1.54) is 15.6 Å². The van der Waals surface area contributed by atoms with Gasteiger partial charge < -0.3 is 5.11 Å². The molecule has 1 rings (SSSR count). The first-order valence-corrected chi connectivity index (χ1v) is 9.16. The van der Waals surface area contributed by atoms with Crippen LogP contribution in [0.4, 0.5) is 0 Å². The molecule has 0 fully saturated rings. The molecule has 1 atom stereocenters. The van der Waals surface area contributed by atoms with Crippen LogP contribution in [0.25, 0.3) is 0 Å². The van der Waals surface area contributed by atoms with Gasteiger partial charge in [0, 0.05) is 28.6 Å². The van der Waals surface area contributed by atoms with E-state index in [9.17, 15) is 8.42 Å². The Bertz CT molecular complexity index is 496. The second-order valence-electron chi connectivity index (χ2n) is 4.12. The Hall–Kier alpha value is -0.0800. The van der Waals surface area contributed by atoms with Crippen molar-refractivity contribution in [2.75, 3.05) is 19.1 Å². The number of thiophene rings is 1. The highest BCUT2D eigenvalue weighted by Gasteiger charge is 2.28. The fourth-order valence-electron chi connectivity index (χ4n) is 1.60. The van der Waals surface area contributed by atoms with Crippen LogP contribution in [0.2, 0.25) is 0 Å². The van der Waals surface area contributed by atoms with Crippen LogP contribution in [0.5, 0.6) is 0 Å². The van der Waals surface area contributed by atoms with Crippen molar-refractivity contribution in [2.24, 2.45) is 0 Å². The number of aryl methyl sites for hydroxylation is 1. The summed E-state index contributed by atoms with van der Waals surface area (Å²) in [5.74, 6) is 0.756. The Morgan fingerprint density at radius 2 is 2.17 bits per heavy atom. The number of rotatable bonds is 6. The van der Waals surface area contributed by atoms with Gasteiger partial charge in [0.15, 0.2) is 0 Å². The van der Waals surface area contributed by atoms with E-state index in [0.717, 1.165) is 10.6 Å². The van der Waals surface area contributed by atoms with Gasteiger partial charge in [0.1, 0.15) is 0 Å². The maximum absolute atomic E-state index is 12.4. The molecule has 0 saturated carbocycles. The molecule has 0 aliphatic heterocycles. The van der Waals surface area contributed by atoms with Crippen molar-refractivity contribution in [3.8, 4) is 0 Å². The fraction of sp³-hybridized carbons (Fsp3) is 0.636. The summed E-state index contributed by atoms with van der Waals surface area (Å²) in [5, 5.41) is 9.07. The van der Waals surface area contributed by atoms with Crippen LogP contribution in [-0.2, 0) is 16.6 Å². The van der Waals surface area contributed by atoms with Crippen molar-refractivity contribution in [3.05, 3.63) is 15.8 Å². The minimum absolute atomic E-state index is 0.0538. The second-order valence-corrected chi connectivity index (χ2v) is 8.33. The quantitative estimate of drug-likeness (QED) is 0.872. The first-order valence-electron chi connectivity index (χ1n) is 5.51. The van der Waals surface area contributed by atoms with Gasteiger partial charge in [-0.1, -0.05) is 0 Å². The van der Waals surface area contributed by atoms with Crippen molar-refractivity contribution < 1.29 is 13.5 Å². The number of aliphatic hydroxyl groups excluding tert-OH is 1. The normalized spacial score (nSPS) is 14.1. The first-order chi connectivity index (χ1) is 8.34. The smallest absolute Gasteiger partial charge is 0.244 e. The molecule has 0 radical (unpaired) electrons. The molecular weight excluding hydrogens is 290 g/mol. The molecule has 0 spiro atoms. The minimum atomic E-state index is -3.46. The molecular formula is C11H19NO3S3. The zero-order valence-electron chi connectivity index (χ0n) is 11.0. The summed E-state index contributed by atoms with van der Waals surface area (Å²) in [5.41, 5.74) is 0. The summed E-state index contributed by atoms with van der Waals surface area (Å²) in [6.45, 7) is 3.54. The van der Waals surface area contributed by atoms with Gasteiger partial charge in [-0.15, -0.1) is 11.3 Å². The predicted molar refractivity (Wildman–Crippen MR) is 77.8 cm³/mol. The second kappa shape index (κ2) is 6.38. The molecule has 1 N–H and O–H groups in total. The van der Waals surface area contributed by atoms with Crippen LogP contribution in [0.3, 0.4) is 0 Å². The molecule has 0 amide bonds. The third kappa shape index (κ3) is 3.27. The minimum Gasteiger partial charge on any atom is -0.391 e. The van der Waals surface area contributed by atoms with Crippen molar-refractivity contribution >= 4 is 33.1 Å². The number of hydrogen-bond acceptors (Lipinski definition) is 5. The number of hydrogen-bond donors (Lipinski definition) is 1. The molecule has 0 saturated heterocycles. The van der Waals surface area contributed by atoms with Gasteiger partial charge in [0.25, 0.3) is 0 Å². The Labute approximate surface area is 117 Å². The van der Waals surface area contributed by atoms with E-state index in [2.05, 4.69) is 0 Å². The predicted octanol–water partition coefficient (Wildman–Crippen LogP) is 1.92. The molecule has 0 aliphatic rings. The summed E-state index contributed by atoms with van der Waals surface area (Å²) in [6.07, 6.45) is 1.96. The summed E-state index contributed by atoms with van der Waals surface area (Å²) < 4.78 is 26.3. The van der Waals surface area contributed by atoms with Crippen molar-refractivity contribution in [1.82, 2.24) is 4.31 Å². The van der Waals surface area contributed by atoms with Crippen molar-refractivity contribution in [1.29, 1.82) is 0 Å². The summed E-state index contributed by atoms with van der Waals surface area (Å²) >= 11 is 2.94. The van der Waals surface area contributed by atoms with E-state index in [1.54, 1.807) is 31.8 Å². The molecule has 1 aromatic heterocycles. The van der Waals surface area contributed by atoms with Crippen molar-refractivity contribution in [3.63, 3.8) is 0 Å². The standard InChI is InChI=1S/C11H19NO3S3/c1-8(7-16-4)12(3)18(14,15)11-5-10(6-13)17-9(11)2/h5,8,13H,6-7H2,1-4H3. The lowest BCUT2D eigenvalue weighted by Gasteiger charge is -2.23. The van der Waals surface area contributed by atoms with Gasteiger partial charge in [-0.05, 0) is 26.2 Å². The van der Waals surface area contributed by atoms with E-state index >= 15 is 0 Å². The average molecular weight is 309 g/mol. The molecule has 0 aromatic carbocycles. The zero-order chi connectivity index (χ0) is 13.9. The van der Waals surface area contributed by atoms with Gasteiger partial charge in [-0.25, -0.2) is 8.42 Å². The Morgan fingerprint density at radius 3 is 2.61 bits per heavy atom. The topological polar surface area (TPSA) is 57.6 Å². The third-order valence-electron chi connectivity index (χ3n) is 2.76. The lowest BCUT2D eigenvalue weighted by Crippen LogP contribution is -2.36. The third-order valence-corrected chi connectivity index (χ3v) is 6.84. The zero-order valence-corrected chi connectivity index (χ0v) is 13.5. The van der Waals surface area contributed by atoms with E-state index in [0.29, 0.717) is 9.77 Å². The molecule has 18 heavy (non-hydrogen) atoms. The Kier molecular flexibility index (Phi) is 5.67. The van der Waals surface area contributed by atoms with Gasteiger partial charge in [0.2, 0.25) is 10.0 Å². The lowest BCUT2D eigenvalue weighted by molar-refractivity contribution is 0.285. The SMILES string of the molecule is CSCC(C)N(C)S(=O)(=O)c1cc(CO)sc1C. The molecule has 0 aliphatic carbocycles. The molecule has 1 heterocycles. The van der Waals surface area contributed by atoms with E-state index in [1.807, 2.05) is 13.2 Å². The molecule has 7 heteroatoms. The van der Waals surface area contributed by atoms with Crippen molar-refractivity contribution in [2.45, 2.75) is 31.4 Å². The van der Waals surface area contributed by atoms with Crippen LogP contribution in [-0.4, -0.2) is 42.9 Å². The lowest BCUT2D eigenvalue weighted by atomic mass is 10.4. The fourth-order valence-corrected chi connectivity index (χ4v) is 5.22. The van der Waals surface area contributed by atoms with E-state index in [4.69, 9.17) is 5.11 Å². The molecule has 1 aromatic rings. The van der Waals surface area contributed by atoms with Crippen LogP contribution in [0, 0.1) is 6.92 Å². The summed E-state index contributed by atoms with van der Waals surface area (Å²) in [7, 11) is -1.86. The first kappa shape index (κ1) is 16.0. The highest BCUT2D eigenvalue weighted by atomic mass is 32.2. The molecule has 0 bridgehead atoms. The highest BCUT2D eigenvalue weighted by Crippen LogP contribution is 2.28. The Morgan fingerprint density at radius 1 is 1.56 bits per heavy atom. The van der Waals surface area contributed by atoms with E-state index in [-0.39, 0.29) is 12.6 Å². The summed E-state index contributed by atoms with van der Waals surface area (Å²) in [4.78, 5) is 1.71. The van der Waals surface area contributed by atoms with Crippen LogP contribution in [0.15, 0.2) is 11.0 Å². The molecule has 1 unspecified atom stereocenters. The van der Waals surface area contributed by atoms with Crippen LogP contribution < -0.4 is 0 Å². The summed E-state index contributed by atoms with van der Waals surface area (Å²) in [6, 6.07) is 1.51. The number of sulfonamides is 1. The monoisotopic (exact) mass is 309 g/mol. The average Bonchev–Trinajstić information content (AvgIpc) is 2.70. The van der Waals surface area contributed by atoms with Gasteiger partial charge in [-0.2, -0.15) is 16.1 Å². The van der Waals surface area contributed by atoms with Crippen LogP contribution in [0.1, 0.15) is 16.7 Å². The number of nitrogens with zero attached hydrogens (tertiary/aromatic N) is 1. The largest absolute Gasteiger partial charge is 0.391 e. The van der Waals surface area contributed by atoms with Gasteiger partial charge in [-0.3, -0.25) is 0 Å². The molecule has 4 nitrogen and oxygen atoms in total. The number of thioether (sulfide) groups is 1. The van der Waals surface area contributed by atoms with E-state index < -0.39 is 10.0 Å². The molecule has 104 valence electrons. The Balaban J connectivity index is 3.08. The maximum Gasteiger partial charge on any atom is 0.244 e. The van der Waals surface area contributed by atoms with Gasteiger partial charge >= 0.3 is 0 Å². The maximum atomic E-state index is 12.4. The highest BCUT2D eigenvalue weighted by molar-refractivity contribution is 7.98. The van der Waals surface area contributed by atoms with Crippen LogP contribution >= 0.6 is 23.1 Å². The van der Waals surface area contributed by atoms with Gasteiger partial charge in [0.05, 0.1) is 11.5 Å².